The summed E-state index contributed by atoms with van der Waals surface area (Å²) in [7, 11) is 3.32. The van der Waals surface area contributed by atoms with E-state index in [-0.39, 0.29) is 0 Å². The van der Waals surface area contributed by atoms with Crippen molar-refractivity contribution in [3.8, 4) is 11.5 Å². The largest absolute Gasteiger partial charge is 0.493 e. The highest BCUT2D eigenvalue weighted by Gasteiger charge is 2.07. The first kappa shape index (κ1) is 15.0. The SMILES string of the molecule is COc1cc(C)c(NCCCCSC)cc1OC. The van der Waals surface area contributed by atoms with Crippen molar-refractivity contribution in [3.05, 3.63) is 17.7 Å². The van der Waals surface area contributed by atoms with Crippen LogP contribution in [0.15, 0.2) is 12.1 Å². The van der Waals surface area contributed by atoms with Gasteiger partial charge < -0.3 is 14.8 Å². The minimum Gasteiger partial charge on any atom is -0.493 e. The summed E-state index contributed by atoms with van der Waals surface area (Å²) < 4.78 is 10.6. The molecule has 1 aromatic carbocycles. The van der Waals surface area contributed by atoms with E-state index in [0.717, 1.165) is 23.7 Å². The Morgan fingerprint density at radius 2 is 1.78 bits per heavy atom. The predicted molar refractivity (Wildman–Crippen MR) is 80.4 cm³/mol. The molecule has 0 amide bonds. The highest BCUT2D eigenvalue weighted by Crippen LogP contribution is 2.32. The fourth-order valence-electron chi connectivity index (χ4n) is 1.77. The lowest BCUT2D eigenvalue weighted by molar-refractivity contribution is 0.355. The molecule has 0 saturated carbocycles. The fourth-order valence-corrected chi connectivity index (χ4v) is 2.26. The molecule has 1 aromatic rings. The van der Waals surface area contributed by atoms with Crippen molar-refractivity contribution >= 4 is 17.4 Å². The topological polar surface area (TPSA) is 30.5 Å². The standard InChI is InChI=1S/C14H23NO2S/c1-11-9-13(16-2)14(17-3)10-12(11)15-7-5-6-8-18-4/h9-10,15H,5-8H2,1-4H3. The molecular formula is C14H23NO2S. The van der Waals surface area contributed by atoms with Gasteiger partial charge in [0.2, 0.25) is 0 Å². The molecule has 0 aliphatic heterocycles. The minimum absolute atomic E-state index is 0.773. The van der Waals surface area contributed by atoms with Crippen molar-refractivity contribution < 1.29 is 9.47 Å². The summed E-state index contributed by atoms with van der Waals surface area (Å²) in [6.07, 6.45) is 4.58. The number of unbranched alkanes of at least 4 members (excludes halogenated alkanes) is 1. The summed E-state index contributed by atoms with van der Waals surface area (Å²) in [4.78, 5) is 0. The average molecular weight is 269 g/mol. The molecule has 1 N–H and O–H groups in total. The third kappa shape index (κ3) is 4.33. The molecule has 0 unspecified atom stereocenters. The van der Waals surface area contributed by atoms with Crippen LogP contribution < -0.4 is 14.8 Å². The summed E-state index contributed by atoms with van der Waals surface area (Å²) in [5.74, 6) is 2.78. The number of methoxy groups -OCH3 is 2. The average Bonchev–Trinajstić information content (AvgIpc) is 2.39. The molecule has 102 valence electrons. The fraction of sp³-hybridized carbons (Fsp3) is 0.571. The van der Waals surface area contributed by atoms with Gasteiger partial charge in [-0.05, 0) is 43.4 Å². The van der Waals surface area contributed by atoms with Crippen LogP contribution >= 0.6 is 11.8 Å². The number of benzene rings is 1. The zero-order chi connectivity index (χ0) is 13.4. The highest BCUT2D eigenvalue weighted by molar-refractivity contribution is 7.98. The van der Waals surface area contributed by atoms with E-state index in [1.54, 1.807) is 14.2 Å². The van der Waals surface area contributed by atoms with E-state index in [9.17, 15) is 0 Å². The molecule has 0 radical (unpaired) electrons. The number of aryl methyl sites for hydroxylation is 1. The Kier molecular flexibility index (Phi) is 6.80. The predicted octanol–water partition coefficient (Wildman–Crippen LogP) is 3.57. The van der Waals surface area contributed by atoms with Crippen molar-refractivity contribution in [2.24, 2.45) is 0 Å². The number of hydrogen-bond acceptors (Lipinski definition) is 4. The summed E-state index contributed by atoms with van der Waals surface area (Å²) in [5.41, 5.74) is 2.30. The Morgan fingerprint density at radius 1 is 1.11 bits per heavy atom. The van der Waals surface area contributed by atoms with Crippen LogP contribution in [0.25, 0.3) is 0 Å². The van der Waals surface area contributed by atoms with E-state index in [4.69, 9.17) is 9.47 Å². The van der Waals surface area contributed by atoms with Crippen LogP contribution in [0.2, 0.25) is 0 Å². The Hall–Kier alpha value is -1.03. The van der Waals surface area contributed by atoms with Gasteiger partial charge in [-0.2, -0.15) is 11.8 Å². The lowest BCUT2D eigenvalue weighted by Crippen LogP contribution is -2.04. The van der Waals surface area contributed by atoms with Gasteiger partial charge in [0.25, 0.3) is 0 Å². The Morgan fingerprint density at radius 3 is 2.39 bits per heavy atom. The normalized spacial score (nSPS) is 10.2. The number of ether oxygens (including phenoxy) is 2. The zero-order valence-corrected chi connectivity index (χ0v) is 12.5. The molecule has 4 heteroatoms. The van der Waals surface area contributed by atoms with E-state index in [0.29, 0.717) is 0 Å². The summed E-state index contributed by atoms with van der Waals surface area (Å²) in [6, 6.07) is 4.01. The second-order valence-corrected chi connectivity index (χ2v) is 5.13. The molecule has 0 bridgehead atoms. The smallest absolute Gasteiger partial charge is 0.162 e. The molecule has 18 heavy (non-hydrogen) atoms. The molecule has 1 rings (SSSR count). The molecule has 3 nitrogen and oxygen atoms in total. The van der Waals surface area contributed by atoms with Gasteiger partial charge in [0.1, 0.15) is 0 Å². The van der Waals surface area contributed by atoms with Gasteiger partial charge in [0.05, 0.1) is 14.2 Å². The second-order valence-electron chi connectivity index (χ2n) is 4.15. The number of anilines is 1. The lowest BCUT2D eigenvalue weighted by atomic mass is 10.1. The maximum absolute atomic E-state index is 5.31. The van der Waals surface area contributed by atoms with E-state index in [2.05, 4.69) is 18.5 Å². The lowest BCUT2D eigenvalue weighted by Gasteiger charge is -2.14. The second kappa shape index (κ2) is 8.14. The number of thioether (sulfide) groups is 1. The third-order valence-corrected chi connectivity index (χ3v) is 3.52. The maximum Gasteiger partial charge on any atom is 0.162 e. The number of nitrogens with one attached hydrogen (secondary N) is 1. The van der Waals surface area contributed by atoms with Crippen molar-refractivity contribution in [1.82, 2.24) is 0 Å². The van der Waals surface area contributed by atoms with Crippen molar-refractivity contribution in [3.63, 3.8) is 0 Å². The quantitative estimate of drug-likeness (QED) is 0.731. The van der Waals surface area contributed by atoms with Crippen LogP contribution in [0.5, 0.6) is 11.5 Å². The van der Waals surface area contributed by atoms with Gasteiger partial charge in [-0.1, -0.05) is 0 Å². The number of rotatable bonds is 8. The van der Waals surface area contributed by atoms with Crippen LogP contribution in [0, 0.1) is 6.92 Å². The van der Waals surface area contributed by atoms with Crippen LogP contribution in [-0.2, 0) is 0 Å². The summed E-state index contributed by atoms with van der Waals surface area (Å²) in [5, 5.41) is 3.45. The van der Waals surface area contributed by atoms with Gasteiger partial charge >= 0.3 is 0 Å². The van der Waals surface area contributed by atoms with Crippen LogP contribution in [0.3, 0.4) is 0 Å². The first-order valence-electron chi connectivity index (χ1n) is 6.18. The molecule has 0 fully saturated rings. The van der Waals surface area contributed by atoms with Crippen LogP contribution in [0.4, 0.5) is 5.69 Å². The van der Waals surface area contributed by atoms with Gasteiger partial charge in [-0.15, -0.1) is 0 Å². The van der Waals surface area contributed by atoms with Gasteiger partial charge in [-0.25, -0.2) is 0 Å². The van der Waals surface area contributed by atoms with Gasteiger partial charge in [-0.3, -0.25) is 0 Å². The van der Waals surface area contributed by atoms with Gasteiger partial charge in [0, 0.05) is 18.3 Å². The molecular weight excluding hydrogens is 246 g/mol. The van der Waals surface area contributed by atoms with Crippen molar-refractivity contribution in [1.29, 1.82) is 0 Å². The zero-order valence-electron chi connectivity index (χ0n) is 11.7. The first-order chi connectivity index (χ1) is 8.72. The molecule has 0 aliphatic carbocycles. The maximum atomic E-state index is 5.31. The van der Waals surface area contributed by atoms with Crippen LogP contribution in [0.1, 0.15) is 18.4 Å². The monoisotopic (exact) mass is 269 g/mol. The Bertz CT molecular complexity index is 369. The van der Waals surface area contributed by atoms with E-state index in [1.807, 2.05) is 23.9 Å². The van der Waals surface area contributed by atoms with Crippen molar-refractivity contribution in [2.75, 3.05) is 38.1 Å². The first-order valence-corrected chi connectivity index (χ1v) is 7.57. The van der Waals surface area contributed by atoms with E-state index in [1.165, 1.54) is 24.2 Å². The molecule has 0 saturated heterocycles. The van der Waals surface area contributed by atoms with E-state index >= 15 is 0 Å². The molecule has 0 spiro atoms. The van der Waals surface area contributed by atoms with Crippen molar-refractivity contribution in [2.45, 2.75) is 19.8 Å². The van der Waals surface area contributed by atoms with Crippen LogP contribution in [-0.4, -0.2) is 32.8 Å². The molecule has 0 atom stereocenters. The Labute approximate surface area is 114 Å². The summed E-state index contributed by atoms with van der Waals surface area (Å²) in [6.45, 7) is 3.07. The number of hydrogen-bond donors (Lipinski definition) is 1. The highest BCUT2D eigenvalue weighted by atomic mass is 32.2. The molecule has 0 aliphatic rings. The van der Waals surface area contributed by atoms with Gasteiger partial charge in [0.15, 0.2) is 11.5 Å². The molecule has 0 heterocycles. The summed E-state index contributed by atoms with van der Waals surface area (Å²) >= 11 is 1.90. The third-order valence-electron chi connectivity index (χ3n) is 2.82. The van der Waals surface area contributed by atoms with E-state index < -0.39 is 0 Å². The minimum atomic E-state index is 0.773. The Balaban J connectivity index is 2.59. The molecule has 0 aromatic heterocycles.